The fourth-order valence-electron chi connectivity index (χ4n) is 15.8. The number of carbonyl (C=O) groups is 4. The number of aromatic nitrogens is 12. The Hall–Kier alpha value is -14.1. The van der Waals surface area contributed by atoms with Gasteiger partial charge in [-0.3, -0.25) is 14.6 Å². The zero-order valence-corrected chi connectivity index (χ0v) is 72.5. The first-order valence-corrected chi connectivity index (χ1v) is 44.7. The summed E-state index contributed by atoms with van der Waals surface area (Å²) in [6, 6.07) is 41.2. The van der Waals surface area contributed by atoms with Gasteiger partial charge in [-0.15, -0.1) is 0 Å². The summed E-state index contributed by atoms with van der Waals surface area (Å²) >= 11 is 0. The van der Waals surface area contributed by atoms with Crippen LogP contribution in [-0.4, -0.2) is 253 Å². The minimum absolute atomic E-state index is 0.0107. The number of nitrogens with zero attached hydrogens (tertiary/aromatic N) is 16. The number of primary amides is 1. The molecule has 1 atom stereocenters. The van der Waals surface area contributed by atoms with Gasteiger partial charge in [-0.1, -0.05) is 97.8 Å². The van der Waals surface area contributed by atoms with Gasteiger partial charge in [0.05, 0.1) is 59.7 Å². The highest BCUT2D eigenvalue weighted by molar-refractivity contribution is 8.76. The number of phenolic OH excluding ortho intramolecular Hbond substituents is 4. The molecule has 5 amide bonds. The molecule has 4 fully saturated rings. The van der Waals surface area contributed by atoms with Gasteiger partial charge in [-0.25, -0.2) is 73.2 Å². The van der Waals surface area contributed by atoms with Gasteiger partial charge in [0, 0.05) is 145 Å². The standard InChI is InChI=1S/C48H52N12O9S2.C42H41N9O7/c1-28(2)34-24-35(38(62)25-37(34)61)43-55-56-47(65)60(43)31-10-8-29(9-11-31)26-57-14-16-59(17-15-57)46(64)52-36(41(49)63)27-71-70-22-13-51-48(66)68-32-6-3-5-30(23-32)42-53-39-33-7-4-12-50-45(33)69-40(39)44(54-42)58-18-20-67-21-19-58;1-25(2)31-22-32(34(53)23-33(31)52)38-46-47-41(54)51(38)28-10-8-26(9-11-28)24-48-13-15-50(16-14-48)42(55)57-29-6-3-5-27(21-29)37-44-35-30-7-4-12-43-40(30)58-36(35)39(45-37)49-17-19-56-20-18-49/h3-12,23-25,28,36,61-62H,13-22,26-27H2,1-2H3,(H2,49,63)(H,51,66)(H,52,64)(H,56,65);3-12,21-23,25,52-53H,13-20,24H2,1-2H3,(H,47,54). The number of furan rings is 2. The van der Waals surface area contributed by atoms with Gasteiger partial charge in [0.15, 0.2) is 46.1 Å². The Labute approximate surface area is 744 Å². The predicted octanol–water partition coefficient (Wildman–Crippen LogP) is 10.9. The monoisotopic (exact) mass is 1790 g/mol. The quantitative estimate of drug-likeness (QED) is 0.0200. The topological polar surface area (TPSA) is 461 Å². The fraction of sp³-hybridized carbons (Fsp3) is 0.311. The molecule has 10 N–H and O–H groups in total. The van der Waals surface area contributed by atoms with E-state index in [4.69, 9.17) is 53.5 Å². The maximum Gasteiger partial charge on any atom is 0.415 e. The lowest BCUT2D eigenvalue weighted by Crippen LogP contribution is -2.55. The minimum atomic E-state index is -0.904. The summed E-state index contributed by atoms with van der Waals surface area (Å²) in [5, 5.41) is 62.4. The van der Waals surface area contributed by atoms with E-state index in [9.17, 15) is 49.2 Å². The smallest absolute Gasteiger partial charge is 0.415 e. The molecule has 8 aromatic heterocycles. The lowest BCUT2D eigenvalue weighted by atomic mass is 9.98. The summed E-state index contributed by atoms with van der Waals surface area (Å²) in [5.74, 6) is 2.96. The Bertz CT molecular complexity index is 6590. The number of H-pyrrole nitrogens is 2. The summed E-state index contributed by atoms with van der Waals surface area (Å²) in [5.41, 5.74) is 14.5. The van der Waals surface area contributed by atoms with Crippen molar-refractivity contribution in [2.24, 2.45) is 5.73 Å². The molecule has 37 nitrogen and oxygen atoms in total. The number of carbonyl (C=O) groups excluding carboxylic acids is 4. The molecule has 4 aliphatic rings. The van der Waals surface area contributed by atoms with Crippen LogP contribution in [0, 0.1) is 0 Å². The molecule has 1 unspecified atom stereocenters. The second-order valence-electron chi connectivity index (χ2n) is 31.9. The molecular formula is C90H93N21O16S2. The van der Waals surface area contributed by atoms with E-state index in [2.05, 4.69) is 60.6 Å². The van der Waals surface area contributed by atoms with Crippen molar-refractivity contribution in [3.8, 4) is 91.4 Å². The Morgan fingerprint density at radius 2 is 0.977 bits per heavy atom. The Morgan fingerprint density at radius 3 is 1.43 bits per heavy atom. The number of phenols is 4. The van der Waals surface area contributed by atoms with E-state index in [1.807, 2.05) is 107 Å². The number of rotatable bonds is 24. The number of pyridine rings is 2. The van der Waals surface area contributed by atoms with Crippen molar-refractivity contribution in [1.82, 2.24) is 89.7 Å². The molecule has 18 rings (SSSR count). The van der Waals surface area contributed by atoms with Crippen LogP contribution in [0.1, 0.15) is 61.8 Å². The molecule has 39 heteroatoms. The normalized spacial score (nSPS) is 15.0. The Kier molecular flexibility index (Phi) is 26.0. The highest BCUT2D eigenvalue weighted by Crippen LogP contribution is 2.42. The van der Waals surface area contributed by atoms with Crippen LogP contribution >= 0.6 is 21.6 Å². The number of amides is 5. The molecule has 4 aliphatic heterocycles. The van der Waals surface area contributed by atoms with Crippen LogP contribution in [0.2, 0.25) is 0 Å². The number of hydrogen-bond donors (Lipinski definition) is 9. The molecule has 0 radical (unpaired) electrons. The first-order chi connectivity index (χ1) is 62.6. The van der Waals surface area contributed by atoms with Crippen LogP contribution < -0.4 is 47.0 Å². The van der Waals surface area contributed by atoms with Gasteiger partial charge in [0.2, 0.25) is 17.3 Å². The lowest BCUT2D eigenvalue weighted by Gasteiger charge is -2.35. The number of benzene rings is 6. The number of fused-ring (bicyclic) bond motifs is 6. The van der Waals surface area contributed by atoms with E-state index in [1.165, 1.54) is 42.9 Å². The van der Waals surface area contributed by atoms with E-state index < -0.39 is 35.5 Å². The maximum absolute atomic E-state index is 13.4. The van der Waals surface area contributed by atoms with Crippen LogP contribution in [0.25, 0.3) is 101 Å². The highest BCUT2D eigenvalue weighted by Gasteiger charge is 2.32. The van der Waals surface area contributed by atoms with Gasteiger partial charge in [-0.05, 0) is 119 Å². The van der Waals surface area contributed by atoms with E-state index in [0.29, 0.717) is 237 Å². The average molecular weight is 1790 g/mol. The van der Waals surface area contributed by atoms with Gasteiger partial charge in [0.25, 0.3) is 0 Å². The van der Waals surface area contributed by atoms with Crippen LogP contribution in [0.3, 0.4) is 0 Å². The molecule has 14 aromatic rings. The molecular weight excluding hydrogens is 1700 g/mol. The number of hydrogen-bond acceptors (Lipinski definition) is 30. The Morgan fingerprint density at radius 1 is 0.519 bits per heavy atom. The van der Waals surface area contributed by atoms with Gasteiger partial charge >= 0.3 is 29.6 Å². The molecule has 666 valence electrons. The zero-order chi connectivity index (χ0) is 89.5. The van der Waals surface area contributed by atoms with Gasteiger partial charge in [0.1, 0.15) is 51.6 Å². The summed E-state index contributed by atoms with van der Waals surface area (Å²) in [6.45, 7) is 18.4. The third-order valence-corrected chi connectivity index (χ3v) is 25.0. The SMILES string of the molecule is CC(C)c1cc(-c2n[nH]c(=O)n2-c2ccc(CN3CCN(C(=O)NC(CSSCCNC(=O)Oc4cccc(-c5nc(N6CCOCC6)c6oc7ncccc7c6n5)c4)C(N)=O)CC3)cc2)c(O)cc1O.CC(C)c1cc(-c2n[nH]c(=O)n2-c2ccc(CN3CCN(C(=O)Oc4cccc(-c5nc(N6CCOCC6)c6oc7ncccc7c6n5)c4)CC3)cc2)c(O)cc1O. The minimum Gasteiger partial charge on any atom is -0.508 e. The molecule has 12 heterocycles. The number of piperazine rings is 2. The highest BCUT2D eigenvalue weighted by atomic mass is 33.1. The van der Waals surface area contributed by atoms with Crippen molar-refractivity contribution in [2.45, 2.75) is 58.7 Å². The molecule has 4 saturated heterocycles. The summed E-state index contributed by atoms with van der Waals surface area (Å²) in [7, 11) is 2.77. The number of aromatic amines is 2. The largest absolute Gasteiger partial charge is 0.508 e. The number of morpholine rings is 2. The third-order valence-electron chi connectivity index (χ3n) is 22.6. The molecule has 0 saturated carbocycles. The second-order valence-corrected chi connectivity index (χ2v) is 34.5. The number of anilines is 2. The van der Waals surface area contributed by atoms with Crippen molar-refractivity contribution >= 4 is 102 Å². The second kappa shape index (κ2) is 38.6. The number of ether oxygens (including phenoxy) is 4. The fourth-order valence-corrected chi connectivity index (χ4v) is 17.9. The van der Waals surface area contributed by atoms with Crippen molar-refractivity contribution in [3.05, 3.63) is 201 Å². The van der Waals surface area contributed by atoms with Crippen molar-refractivity contribution < 1.29 is 67.4 Å². The lowest BCUT2D eigenvalue weighted by molar-refractivity contribution is -0.119. The van der Waals surface area contributed by atoms with Crippen molar-refractivity contribution in [2.75, 3.05) is 133 Å². The number of nitrogens with one attached hydrogen (secondary N) is 4. The molecule has 129 heavy (non-hydrogen) atoms. The van der Waals surface area contributed by atoms with Crippen LogP contribution in [0.5, 0.6) is 34.5 Å². The molecule has 0 spiro atoms. The summed E-state index contributed by atoms with van der Waals surface area (Å²) < 4.78 is 37.7. The average Bonchev–Trinajstić information content (AvgIpc) is 1.61. The summed E-state index contributed by atoms with van der Waals surface area (Å²) in [4.78, 5) is 118. The van der Waals surface area contributed by atoms with Gasteiger partial charge in [-0.2, -0.15) is 10.2 Å². The van der Waals surface area contributed by atoms with Gasteiger partial charge < -0.3 is 84.2 Å². The van der Waals surface area contributed by atoms with E-state index >= 15 is 0 Å². The molecule has 0 aliphatic carbocycles. The third kappa shape index (κ3) is 19.4. The molecule has 6 aromatic carbocycles. The van der Waals surface area contributed by atoms with E-state index in [-0.39, 0.29) is 64.8 Å². The van der Waals surface area contributed by atoms with Crippen molar-refractivity contribution in [1.29, 1.82) is 0 Å². The van der Waals surface area contributed by atoms with Crippen molar-refractivity contribution in [3.63, 3.8) is 0 Å². The van der Waals surface area contributed by atoms with Crippen LogP contribution in [0.4, 0.5) is 26.0 Å². The first kappa shape index (κ1) is 87.0. The number of aromatic hydroxyl groups is 4. The maximum atomic E-state index is 13.4. The van der Waals surface area contributed by atoms with E-state index in [0.717, 1.165) is 21.9 Å². The van der Waals surface area contributed by atoms with E-state index in [1.54, 1.807) is 76.8 Å². The van der Waals surface area contributed by atoms with Crippen LogP contribution in [-0.2, 0) is 27.4 Å². The predicted molar refractivity (Wildman–Crippen MR) is 485 cm³/mol. The first-order valence-electron chi connectivity index (χ1n) is 42.2. The zero-order valence-electron chi connectivity index (χ0n) is 70.8. The number of nitrogens with two attached hydrogens (primary N) is 1. The van der Waals surface area contributed by atoms with Crippen LogP contribution in [0.15, 0.2) is 176 Å². The molecule has 0 bridgehead atoms. The number of urea groups is 1. The Balaban J connectivity index is 0.000000185. The summed E-state index contributed by atoms with van der Waals surface area (Å²) in [6.07, 6.45) is 2.28.